The lowest BCUT2D eigenvalue weighted by molar-refractivity contribution is -0.137. The Morgan fingerprint density at radius 3 is 2.46 bits per heavy atom. The minimum absolute atomic E-state index is 0.0608. The monoisotopic (exact) mass is 481 g/mol. The smallest absolute Gasteiger partial charge is 0.323 e. The molecule has 0 bridgehead atoms. The summed E-state index contributed by atoms with van der Waals surface area (Å²) in [5.74, 6) is -0.0606. The Hall–Kier alpha value is -3.20. The number of rotatable bonds is 10. The van der Waals surface area contributed by atoms with Gasteiger partial charge in [-0.1, -0.05) is 19.9 Å². The van der Waals surface area contributed by atoms with Crippen molar-refractivity contribution in [2.24, 2.45) is 11.8 Å². The third-order valence-electron chi connectivity index (χ3n) is 6.60. The highest BCUT2D eigenvalue weighted by atomic mass is 16.5. The molecule has 35 heavy (non-hydrogen) atoms. The maximum Gasteiger partial charge on any atom is 0.323 e. The minimum atomic E-state index is -0.800. The van der Waals surface area contributed by atoms with E-state index in [1.54, 1.807) is 0 Å². The molecule has 1 aromatic carbocycles. The third kappa shape index (κ3) is 6.91. The number of urea groups is 1. The molecule has 0 spiro atoms. The molecule has 1 aliphatic carbocycles. The highest BCUT2D eigenvalue weighted by Gasteiger charge is 2.34. The van der Waals surface area contributed by atoms with Crippen molar-refractivity contribution >= 4 is 29.1 Å². The first-order valence-electron chi connectivity index (χ1n) is 12.4. The van der Waals surface area contributed by atoms with Gasteiger partial charge in [0.15, 0.2) is 0 Å². The van der Waals surface area contributed by atoms with Crippen molar-refractivity contribution in [1.29, 1.82) is 0 Å². The predicted octanol–water partition coefficient (Wildman–Crippen LogP) is 4.73. The van der Waals surface area contributed by atoms with Crippen molar-refractivity contribution in [2.75, 3.05) is 35.3 Å². The normalized spacial score (nSPS) is 17.1. The van der Waals surface area contributed by atoms with E-state index in [1.165, 1.54) is 18.7 Å². The molecule has 1 unspecified atom stereocenters. The Bertz CT molecular complexity index is 1010. The molecule has 2 amide bonds. The second-order valence-corrected chi connectivity index (χ2v) is 9.91. The van der Waals surface area contributed by atoms with E-state index in [4.69, 9.17) is 4.74 Å². The summed E-state index contributed by atoms with van der Waals surface area (Å²) in [4.78, 5) is 34.8. The van der Waals surface area contributed by atoms with Gasteiger partial charge in [-0.3, -0.25) is 4.79 Å². The Morgan fingerprint density at radius 1 is 1.11 bits per heavy atom. The number of amides is 2. The van der Waals surface area contributed by atoms with Crippen LogP contribution in [-0.2, 0) is 9.53 Å². The van der Waals surface area contributed by atoms with Gasteiger partial charge >= 0.3 is 12.0 Å². The number of carboxylic acid groups (broad SMARTS) is 1. The summed E-state index contributed by atoms with van der Waals surface area (Å²) in [6.07, 6.45) is 8.49. The number of benzene rings is 1. The first-order chi connectivity index (χ1) is 16.9. The summed E-state index contributed by atoms with van der Waals surface area (Å²) in [5, 5.41) is 15.3. The predicted molar refractivity (Wildman–Crippen MR) is 135 cm³/mol. The zero-order valence-electron chi connectivity index (χ0n) is 20.4. The number of aliphatic carboxylic acids is 1. The Labute approximate surface area is 206 Å². The summed E-state index contributed by atoms with van der Waals surface area (Å²) in [6, 6.07) is 5.97. The van der Waals surface area contributed by atoms with E-state index in [0.29, 0.717) is 29.3 Å². The van der Waals surface area contributed by atoms with Gasteiger partial charge in [0, 0.05) is 25.8 Å². The van der Waals surface area contributed by atoms with Crippen LogP contribution in [0.2, 0.25) is 0 Å². The van der Waals surface area contributed by atoms with Crippen LogP contribution in [0.4, 0.5) is 21.9 Å². The van der Waals surface area contributed by atoms with Crippen LogP contribution in [0.25, 0.3) is 0 Å². The summed E-state index contributed by atoms with van der Waals surface area (Å²) >= 11 is 0. The Kier molecular flexibility index (Phi) is 8.17. The van der Waals surface area contributed by atoms with Crippen molar-refractivity contribution in [3.8, 4) is 0 Å². The van der Waals surface area contributed by atoms with Crippen molar-refractivity contribution in [1.82, 2.24) is 9.97 Å². The van der Waals surface area contributed by atoms with Crippen molar-refractivity contribution < 1.29 is 19.4 Å². The van der Waals surface area contributed by atoms with Gasteiger partial charge in [-0.05, 0) is 61.1 Å². The highest BCUT2D eigenvalue weighted by Crippen LogP contribution is 2.46. The average molecular weight is 482 g/mol. The molecule has 9 nitrogen and oxygen atoms in total. The number of nitrogens with one attached hydrogen (secondary N) is 2. The first kappa shape index (κ1) is 24.9. The van der Waals surface area contributed by atoms with Gasteiger partial charge in [0.1, 0.15) is 6.33 Å². The van der Waals surface area contributed by atoms with Gasteiger partial charge in [-0.25, -0.2) is 14.8 Å². The molecule has 1 atom stereocenters. The number of carboxylic acids is 1. The molecule has 1 saturated carbocycles. The average Bonchev–Trinajstić information content (AvgIpc) is 3.67. The van der Waals surface area contributed by atoms with E-state index in [9.17, 15) is 14.7 Å². The molecular formula is C26H35N5O4. The van der Waals surface area contributed by atoms with E-state index >= 15 is 0 Å². The second-order valence-electron chi connectivity index (χ2n) is 9.91. The summed E-state index contributed by atoms with van der Waals surface area (Å²) in [7, 11) is 0. The molecular weight excluding hydrogens is 446 g/mol. The van der Waals surface area contributed by atoms with Crippen LogP contribution >= 0.6 is 0 Å². The Balaban J connectivity index is 1.67. The fraction of sp³-hybridized carbons (Fsp3) is 0.538. The molecule has 1 saturated heterocycles. The topological polar surface area (TPSA) is 117 Å². The molecule has 9 heteroatoms. The van der Waals surface area contributed by atoms with Gasteiger partial charge < -0.3 is 25.4 Å². The van der Waals surface area contributed by atoms with Crippen LogP contribution in [-0.4, -0.2) is 52.9 Å². The maximum absolute atomic E-state index is 12.9. The van der Waals surface area contributed by atoms with Crippen LogP contribution in [0, 0.1) is 11.8 Å². The molecule has 188 valence electrons. The molecule has 2 heterocycles. The van der Waals surface area contributed by atoms with Gasteiger partial charge in [-0.15, -0.1) is 0 Å². The number of hydrogen-bond donors (Lipinski definition) is 3. The van der Waals surface area contributed by atoms with E-state index < -0.39 is 12.0 Å². The summed E-state index contributed by atoms with van der Waals surface area (Å²) in [5.41, 5.74) is 3.07. The molecule has 2 fully saturated rings. The minimum Gasteiger partial charge on any atom is -0.481 e. The highest BCUT2D eigenvalue weighted by molar-refractivity contribution is 6.01. The molecule has 1 aromatic heterocycles. The quantitative estimate of drug-likeness (QED) is 0.449. The number of ether oxygens (including phenoxy) is 1. The van der Waals surface area contributed by atoms with Gasteiger partial charge in [0.2, 0.25) is 0 Å². The van der Waals surface area contributed by atoms with Crippen LogP contribution in [0.3, 0.4) is 0 Å². The zero-order chi connectivity index (χ0) is 24.8. The Morgan fingerprint density at radius 2 is 1.83 bits per heavy atom. The second kappa shape index (κ2) is 11.5. The molecule has 4 rings (SSSR count). The van der Waals surface area contributed by atoms with Gasteiger partial charge in [-0.2, -0.15) is 0 Å². The molecule has 2 aromatic rings. The van der Waals surface area contributed by atoms with E-state index in [1.807, 2.05) is 18.2 Å². The van der Waals surface area contributed by atoms with Crippen LogP contribution in [0.5, 0.6) is 0 Å². The van der Waals surface area contributed by atoms with Gasteiger partial charge in [0.25, 0.3) is 0 Å². The lowest BCUT2D eigenvalue weighted by Gasteiger charge is -2.38. The van der Waals surface area contributed by atoms with Crippen LogP contribution < -0.4 is 15.5 Å². The van der Waals surface area contributed by atoms with Gasteiger partial charge in [0.05, 0.1) is 35.9 Å². The SMILES string of the molecule is CC(C)CN(c1ccc(C(CC(=O)O)C2CC2)cc1NC(=O)Nc1cncnc1)C1CCOCC1. The molecule has 0 radical (unpaired) electrons. The van der Waals surface area contributed by atoms with Crippen LogP contribution in [0.1, 0.15) is 57.4 Å². The lowest BCUT2D eigenvalue weighted by atomic mass is 9.90. The number of anilines is 3. The van der Waals surface area contributed by atoms with Crippen molar-refractivity contribution in [3.05, 3.63) is 42.5 Å². The molecule has 3 N–H and O–H groups in total. The first-order valence-corrected chi connectivity index (χ1v) is 12.4. The zero-order valence-corrected chi connectivity index (χ0v) is 20.4. The largest absolute Gasteiger partial charge is 0.481 e. The lowest BCUT2D eigenvalue weighted by Crippen LogP contribution is -2.42. The van der Waals surface area contributed by atoms with Crippen LogP contribution in [0.15, 0.2) is 36.9 Å². The summed E-state index contributed by atoms with van der Waals surface area (Å²) in [6.45, 7) is 6.65. The van der Waals surface area contributed by atoms with E-state index in [2.05, 4.69) is 39.3 Å². The molecule has 2 aliphatic rings. The summed E-state index contributed by atoms with van der Waals surface area (Å²) < 4.78 is 5.60. The van der Waals surface area contributed by atoms with E-state index in [-0.39, 0.29) is 12.3 Å². The third-order valence-corrected chi connectivity index (χ3v) is 6.60. The standard InChI is InChI=1S/C26H35N5O4/c1-17(2)15-31(21-7-9-35-10-8-21)24-6-5-19(22(12-25(32)33)18-3-4-18)11-23(24)30-26(34)29-20-13-27-16-28-14-20/h5-6,11,13-14,16-18,21-22H,3-4,7-10,12,15H2,1-2H3,(H,32,33)(H2,29,30,34). The fourth-order valence-corrected chi connectivity index (χ4v) is 4.86. The number of nitrogens with zero attached hydrogens (tertiary/aromatic N) is 3. The number of carbonyl (C=O) groups excluding carboxylic acids is 1. The number of hydrogen-bond acceptors (Lipinski definition) is 6. The number of aromatic nitrogens is 2. The van der Waals surface area contributed by atoms with E-state index in [0.717, 1.165) is 56.7 Å². The van der Waals surface area contributed by atoms with Crippen molar-refractivity contribution in [2.45, 2.75) is 57.9 Å². The van der Waals surface area contributed by atoms with Crippen molar-refractivity contribution in [3.63, 3.8) is 0 Å². The molecule has 1 aliphatic heterocycles. The fourth-order valence-electron chi connectivity index (χ4n) is 4.86. The maximum atomic E-state index is 12.9. The number of carbonyl (C=O) groups is 2.